The van der Waals surface area contributed by atoms with Crippen molar-refractivity contribution >= 4 is 11.8 Å². The van der Waals surface area contributed by atoms with Crippen LogP contribution in [0.2, 0.25) is 0 Å². The molecule has 0 unspecified atom stereocenters. The van der Waals surface area contributed by atoms with Crippen LogP contribution in [0.15, 0.2) is 23.4 Å². The van der Waals surface area contributed by atoms with Crippen molar-refractivity contribution < 1.29 is 0 Å². The van der Waals surface area contributed by atoms with Gasteiger partial charge in [0.05, 0.1) is 5.03 Å². The highest BCUT2D eigenvalue weighted by Gasteiger charge is 1.92. The Labute approximate surface area is 72.2 Å². The summed E-state index contributed by atoms with van der Waals surface area (Å²) in [5.74, 6) is 1.16. The fourth-order valence-electron chi connectivity index (χ4n) is 0.746. The zero-order valence-electron chi connectivity index (χ0n) is 7.00. The van der Waals surface area contributed by atoms with Gasteiger partial charge in [-0.15, -0.1) is 11.8 Å². The van der Waals surface area contributed by atoms with E-state index in [4.69, 9.17) is 0 Å². The average molecular weight is 167 g/mol. The van der Waals surface area contributed by atoms with E-state index in [1.165, 1.54) is 12.0 Å². The summed E-state index contributed by atoms with van der Waals surface area (Å²) in [6.45, 7) is 4.24. The molecule has 1 heterocycles. The van der Waals surface area contributed by atoms with E-state index in [0.29, 0.717) is 0 Å². The minimum atomic E-state index is 1.14. The monoisotopic (exact) mass is 167 g/mol. The number of pyridine rings is 1. The second-order valence-corrected chi connectivity index (χ2v) is 3.64. The molecule has 0 amide bonds. The molecule has 0 radical (unpaired) electrons. The van der Waals surface area contributed by atoms with Gasteiger partial charge in [-0.1, -0.05) is 13.0 Å². The van der Waals surface area contributed by atoms with Crippen molar-refractivity contribution in [2.45, 2.75) is 25.3 Å². The highest BCUT2D eigenvalue weighted by Crippen LogP contribution is 2.15. The summed E-state index contributed by atoms with van der Waals surface area (Å²) in [5.41, 5.74) is 1.23. The first kappa shape index (κ1) is 8.60. The lowest BCUT2D eigenvalue weighted by Crippen LogP contribution is -1.81. The summed E-state index contributed by atoms with van der Waals surface area (Å²) in [5, 5.41) is 1.14. The van der Waals surface area contributed by atoms with Crippen molar-refractivity contribution in [3.63, 3.8) is 0 Å². The molecule has 1 aromatic rings. The summed E-state index contributed by atoms with van der Waals surface area (Å²) in [6.07, 6.45) is 3.12. The first-order chi connectivity index (χ1) is 5.33. The molecular formula is C9H13NS. The molecule has 0 aromatic carbocycles. The standard InChI is InChI=1S/C9H13NS/c1-3-6-11-9-5-4-8(2)7-10-9/h4-5,7H,3,6H2,1-2H3. The zero-order chi connectivity index (χ0) is 8.10. The Kier molecular flexibility index (Phi) is 3.43. The summed E-state index contributed by atoms with van der Waals surface area (Å²) in [4.78, 5) is 4.28. The molecular weight excluding hydrogens is 154 g/mol. The summed E-state index contributed by atoms with van der Waals surface area (Å²) >= 11 is 1.82. The van der Waals surface area contributed by atoms with E-state index in [0.717, 1.165) is 10.8 Å². The Bertz CT molecular complexity index is 205. The average Bonchev–Trinajstić information content (AvgIpc) is 2.04. The third-order valence-electron chi connectivity index (χ3n) is 1.34. The van der Waals surface area contributed by atoms with E-state index >= 15 is 0 Å². The molecule has 1 nitrogen and oxygen atoms in total. The first-order valence-corrected chi connectivity index (χ1v) is 4.87. The Morgan fingerprint density at radius 3 is 2.82 bits per heavy atom. The van der Waals surface area contributed by atoms with Gasteiger partial charge < -0.3 is 0 Å². The van der Waals surface area contributed by atoms with Gasteiger partial charge in [0.1, 0.15) is 0 Å². The van der Waals surface area contributed by atoms with Crippen LogP contribution in [-0.2, 0) is 0 Å². The fourth-order valence-corrected chi connectivity index (χ4v) is 1.45. The zero-order valence-corrected chi connectivity index (χ0v) is 7.82. The molecule has 0 bridgehead atoms. The van der Waals surface area contributed by atoms with Crippen LogP contribution in [0.25, 0.3) is 0 Å². The predicted octanol–water partition coefficient (Wildman–Crippen LogP) is 2.89. The maximum atomic E-state index is 4.28. The predicted molar refractivity (Wildman–Crippen MR) is 50.0 cm³/mol. The van der Waals surface area contributed by atoms with E-state index in [9.17, 15) is 0 Å². The molecule has 0 saturated heterocycles. The lowest BCUT2D eigenvalue weighted by molar-refractivity contribution is 1.07. The van der Waals surface area contributed by atoms with E-state index in [1.807, 2.05) is 18.0 Å². The van der Waals surface area contributed by atoms with Crippen molar-refractivity contribution in [1.82, 2.24) is 4.98 Å². The van der Waals surface area contributed by atoms with Crippen LogP contribution < -0.4 is 0 Å². The number of nitrogens with zero attached hydrogens (tertiary/aromatic N) is 1. The molecule has 0 N–H and O–H groups in total. The molecule has 1 aromatic heterocycles. The molecule has 0 saturated carbocycles. The van der Waals surface area contributed by atoms with Crippen LogP contribution in [0.5, 0.6) is 0 Å². The number of hydrogen-bond acceptors (Lipinski definition) is 2. The molecule has 1 rings (SSSR count). The summed E-state index contributed by atoms with van der Waals surface area (Å²) in [7, 11) is 0. The molecule has 0 fully saturated rings. The molecule has 0 atom stereocenters. The largest absolute Gasteiger partial charge is 0.250 e. The molecule has 0 aliphatic rings. The van der Waals surface area contributed by atoms with Crippen LogP contribution in [0.3, 0.4) is 0 Å². The Morgan fingerprint density at radius 1 is 1.45 bits per heavy atom. The first-order valence-electron chi connectivity index (χ1n) is 3.88. The van der Waals surface area contributed by atoms with Crippen molar-refractivity contribution in [2.24, 2.45) is 0 Å². The third kappa shape index (κ3) is 2.93. The second-order valence-electron chi connectivity index (χ2n) is 2.52. The normalized spacial score (nSPS) is 10.0. The second kappa shape index (κ2) is 4.39. The number of hydrogen-bond donors (Lipinski definition) is 0. The summed E-state index contributed by atoms with van der Waals surface area (Å²) < 4.78 is 0. The molecule has 0 spiro atoms. The van der Waals surface area contributed by atoms with E-state index in [-0.39, 0.29) is 0 Å². The molecule has 0 aliphatic heterocycles. The number of rotatable bonds is 3. The van der Waals surface area contributed by atoms with Crippen LogP contribution in [0, 0.1) is 6.92 Å². The maximum absolute atomic E-state index is 4.28. The topological polar surface area (TPSA) is 12.9 Å². The third-order valence-corrected chi connectivity index (χ3v) is 2.49. The fraction of sp³-hybridized carbons (Fsp3) is 0.444. The van der Waals surface area contributed by atoms with Gasteiger partial charge in [0.2, 0.25) is 0 Å². The van der Waals surface area contributed by atoms with Gasteiger partial charge in [-0.05, 0) is 30.7 Å². The van der Waals surface area contributed by atoms with E-state index < -0.39 is 0 Å². The molecule has 0 aliphatic carbocycles. The number of aromatic nitrogens is 1. The lowest BCUT2D eigenvalue weighted by atomic mass is 10.3. The van der Waals surface area contributed by atoms with Gasteiger partial charge >= 0.3 is 0 Å². The minimum Gasteiger partial charge on any atom is -0.250 e. The van der Waals surface area contributed by atoms with Crippen LogP contribution >= 0.6 is 11.8 Å². The Morgan fingerprint density at radius 2 is 2.27 bits per heavy atom. The van der Waals surface area contributed by atoms with Crippen LogP contribution in [-0.4, -0.2) is 10.7 Å². The Balaban J connectivity index is 2.52. The Hall–Kier alpha value is -0.500. The van der Waals surface area contributed by atoms with Gasteiger partial charge in [0.15, 0.2) is 0 Å². The van der Waals surface area contributed by atoms with Gasteiger partial charge in [0.25, 0.3) is 0 Å². The number of aryl methyl sites for hydroxylation is 1. The quantitative estimate of drug-likeness (QED) is 0.642. The maximum Gasteiger partial charge on any atom is 0.0960 e. The summed E-state index contributed by atoms with van der Waals surface area (Å²) in [6, 6.07) is 4.18. The van der Waals surface area contributed by atoms with Crippen molar-refractivity contribution in [1.29, 1.82) is 0 Å². The van der Waals surface area contributed by atoms with E-state index in [1.54, 1.807) is 0 Å². The minimum absolute atomic E-state index is 1.14. The van der Waals surface area contributed by atoms with E-state index in [2.05, 4.69) is 31.0 Å². The van der Waals surface area contributed by atoms with Gasteiger partial charge in [-0.2, -0.15) is 0 Å². The number of thioether (sulfide) groups is 1. The highest BCUT2D eigenvalue weighted by atomic mass is 32.2. The molecule has 11 heavy (non-hydrogen) atoms. The molecule has 2 heteroatoms. The van der Waals surface area contributed by atoms with Crippen molar-refractivity contribution in [3.8, 4) is 0 Å². The molecule has 60 valence electrons. The smallest absolute Gasteiger partial charge is 0.0960 e. The van der Waals surface area contributed by atoms with Crippen LogP contribution in [0.4, 0.5) is 0 Å². The van der Waals surface area contributed by atoms with Gasteiger partial charge in [-0.3, -0.25) is 0 Å². The van der Waals surface area contributed by atoms with Crippen molar-refractivity contribution in [3.05, 3.63) is 23.9 Å². The highest BCUT2D eigenvalue weighted by molar-refractivity contribution is 7.99. The van der Waals surface area contributed by atoms with Crippen molar-refractivity contribution in [2.75, 3.05) is 5.75 Å². The lowest BCUT2D eigenvalue weighted by Gasteiger charge is -1.97. The van der Waals surface area contributed by atoms with Gasteiger partial charge in [0, 0.05) is 6.20 Å². The van der Waals surface area contributed by atoms with Crippen LogP contribution in [0.1, 0.15) is 18.9 Å². The SMILES string of the molecule is CCCSc1ccc(C)cn1. The van der Waals surface area contributed by atoms with Gasteiger partial charge in [-0.25, -0.2) is 4.98 Å².